The van der Waals surface area contributed by atoms with E-state index in [0.29, 0.717) is 0 Å². The molecule has 0 atom stereocenters. The summed E-state index contributed by atoms with van der Waals surface area (Å²) in [5.74, 6) is 0. The van der Waals surface area contributed by atoms with Crippen LogP contribution in [0.2, 0.25) is 0 Å². The summed E-state index contributed by atoms with van der Waals surface area (Å²) < 4.78 is 0. The van der Waals surface area contributed by atoms with Crippen molar-refractivity contribution >= 4 is 0 Å². The van der Waals surface area contributed by atoms with Crippen molar-refractivity contribution < 1.29 is 2.85 Å². The van der Waals surface area contributed by atoms with Crippen LogP contribution in [-0.4, -0.2) is 19.9 Å². The third kappa shape index (κ3) is 2.66. The van der Waals surface area contributed by atoms with Crippen molar-refractivity contribution in [3.05, 3.63) is 37.4 Å². The topological polar surface area (TPSA) is 57.4 Å². The van der Waals surface area contributed by atoms with Crippen LogP contribution >= 0.6 is 0 Å². The van der Waals surface area contributed by atoms with Gasteiger partial charge in [0.05, 0.1) is 12.7 Å². The number of H-pyrrole nitrogens is 2. The molecule has 0 aliphatic rings. The average molecular weight is 138 g/mol. The van der Waals surface area contributed by atoms with Crippen LogP contribution < -0.4 is 0 Å². The third-order valence-corrected chi connectivity index (χ3v) is 0.812. The monoisotopic (exact) mass is 138 g/mol. The molecule has 10 heavy (non-hydrogen) atoms. The van der Waals surface area contributed by atoms with Gasteiger partial charge in [0, 0.05) is 24.8 Å². The molecule has 52 valence electrons. The zero-order valence-electron chi connectivity index (χ0n) is 7.36. The summed E-state index contributed by atoms with van der Waals surface area (Å²) in [5, 5.41) is 0. The molecule has 0 aromatic carbocycles. The number of aromatic amines is 2. The smallest absolute Gasteiger partial charge is 0.351 e. The molecule has 2 heterocycles. The molecule has 2 aromatic rings. The minimum Gasteiger partial charge on any atom is -0.351 e. The fourth-order valence-electron chi connectivity index (χ4n) is 0.430. The molecule has 0 aliphatic carbocycles. The molecular formula is C6H10N4+2. The number of rotatable bonds is 0. The third-order valence-electron chi connectivity index (χ3n) is 0.812. The number of hydrogen-bond acceptors (Lipinski definition) is 2. The van der Waals surface area contributed by atoms with E-state index in [1.54, 1.807) is 37.4 Å². The molecule has 2 rings (SSSR count). The minimum absolute atomic E-state index is 0. The van der Waals surface area contributed by atoms with E-state index < -0.39 is 0 Å². The Morgan fingerprint density at radius 1 is 0.900 bits per heavy atom. The fourth-order valence-corrected chi connectivity index (χ4v) is 0.430. The van der Waals surface area contributed by atoms with E-state index in [1.807, 2.05) is 0 Å². The first-order chi connectivity index (χ1) is 5.00. The Labute approximate surface area is 61.3 Å². The van der Waals surface area contributed by atoms with Crippen LogP contribution in [0.5, 0.6) is 0 Å². The molecule has 2 N–H and O–H groups in total. The molecule has 0 saturated heterocycles. The summed E-state index contributed by atoms with van der Waals surface area (Å²) in [6.45, 7) is 0. The molecule has 0 amide bonds. The van der Waals surface area contributed by atoms with Crippen LogP contribution in [0, 0.1) is 0 Å². The molecule has 0 saturated carbocycles. The molecule has 4 heteroatoms. The number of imidazole rings is 2. The summed E-state index contributed by atoms with van der Waals surface area (Å²) in [6.07, 6.45) is 10.2. The predicted octanol–water partition coefficient (Wildman–Crippen LogP) is 1.04. The van der Waals surface area contributed by atoms with Gasteiger partial charge in [0.25, 0.3) is 0 Å². The van der Waals surface area contributed by atoms with Gasteiger partial charge in [-0.15, -0.1) is 0 Å². The van der Waals surface area contributed by atoms with Crippen molar-refractivity contribution in [2.45, 2.75) is 0 Å². The molecule has 0 fully saturated rings. The highest BCUT2D eigenvalue weighted by molar-refractivity contribution is 4.65. The van der Waals surface area contributed by atoms with E-state index in [4.69, 9.17) is 0 Å². The van der Waals surface area contributed by atoms with E-state index in [9.17, 15) is 0 Å². The molecule has 0 radical (unpaired) electrons. The van der Waals surface area contributed by atoms with Crippen molar-refractivity contribution in [3.8, 4) is 0 Å². The second-order valence-corrected chi connectivity index (χ2v) is 1.52. The van der Waals surface area contributed by atoms with Gasteiger partial charge in [-0.1, -0.05) is 0 Å². The average Bonchev–Trinajstić information content (AvgIpc) is 2.67. The van der Waals surface area contributed by atoms with E-state index in [-0.39, 0.29) is 2.85 Å². The molecule has 4 nitrogen and oxygen atoms in total. The Balaban J connectivity index is 0. The molecule has 0 spiro atoms. The molecule has 0 aliphatic heterocycles. The summed E-state index contributed by atoms with van der Waals surface area (Å²) in [7, 11) is 0. The van der Waals surface area contributed by atoms with E-state index in [2.05, 4.69) is 19.9 Å². The van der Waals surface area contributed by atoms with Crippen LogP contribution in [0.3, 0.4) is 0 Å². The lowest BCUT2D eigenvalue weighted by molar-refractivity contribution is 1.31. The zero-order valence-corrected chi connectivity index (χ0v) is 5.36. The largest absolute Gasteiger partial charge is 1.00 e. The summed E-state index contributed by atoms with van der Waals surface area (Å²) >= 11 is 0. The second-order valence-electron chi connectivity index (χ2n) is 1.52. The van der Waals surface area contributed by atoms with Gasteiger partial charge in [0.1, 0.15) is 0 Å². The van der Waals surface area contributed by atoms with Crippen LogP contribution in [0.15, 0.2) is 37.4 Å². The quantitative estimate of drug-likeness (QED) is 0.571. The van der Waals surface area contributed by atoms with Crippen LogP contribution in [-0.2, 0) is 0 Å². The highest BCUT2D eigenvalue weighted by atomic mass is 14.8. The van der Waals surface area contributed by atoms with Gasteiger partial charge in [0.2, 0.25) is 0 Å². The highest BCUT2D eigenvalue weighted by Crippen LogP contribution is 1.63. The van der Waals surface area contributed by atoms with Crippen LogP contribution in [0.4, 0.5) is 0 Å². The van der Waals surface area contributed by atoms with Crippen molar-refractivity contribution in [2.24, 2.45) is 0 Å². The van der Waals surface area contributed by atoms with Gasteiger partial charge in [0.15, 0.2) is 0 Å². The van der Waals surface area contributed by atoms with Crippen LogP contribution in [0.1, 0.15) is 2.85 Å². The maximum absolute atomic E-state index is 3.67. The van der Waals surface area contributed by atoms with Crippen molar-refractivity contribution in [1.82, 2.24) is 19.9 Å². The van der Waals surface area contributed by atoms with Crippen molar-refractivity contribution in [2.75, 3.05) is 0 Å². The number of hydrogen-bond donors (Lipinski definition) is 2. The Morgan fingerprint density at radius 3 is 1.50 bits per heavy atom. The second kappa shape index (κ2) is 4.31. The molecule has 0 bridgehead atoms. The SMILES string of the molecule is [H+].[H+].c1c[nH]cn1.c1c[nH]cn1. The van der Waals surface area contributed by atoms with Crippen molar-refractivity contribution in [1.29, 1.82) is 0 Å². The Morgan fingerprint density at radius 2 is 1.40 bits per heavy atom. The summed E-state index contributed by atoms with van der Waals surface area (Å²) in [6, 6.07) is 0. The van der Waals surface area contributed by atoms with Gasteiger partial charge in [-0.25, -0.2) is 9.97 Å². The Hall–Kier alpha value is -1.58. The van der Waals surface area contributed by atoms with E-state index >= 15 is 0 Å². The highest BCUT2D eigenvalue weighted by Gasteiger charge is 1.56. The van der Waals surface area contributed by atoms with Crippen molar-refractivity contribution in [3.63, 3.8) is 0 Å². The molecule has 0 unspecified atom stereocenters. The first-order valence-corrected chi connectivity index (χ1v) is 2.85. The predicted molar refractivity (Wildman–Crippen MR) is 39.4 cm³/mol. The number of nitrogens with one attached hydrogen (secondary N) is 2. The summed E-state index contributed by atoms with van der Waals surface area (Å²) in [5.41, 5.74) is 0. The van der Waals surface area contributed by atoms with Crippen LogP contribution in [0.25, 0.3) is 0 Å². The number of nitrogens with zero attached hydrogens (tertiary/aromatic N) is 2. The van der Waals surface area contributed by atoms with Gasteiger partial charge >= 0.3 is 2.85 Å². The zero-order chi connectivity index (χ0) is 7.07. The Kier molecular flexibility index (Phi) is 2.82. The maximum Gasteiger partial charge on any atom is 1.00 e. The Bertz CT molecular complexity index is 157. The van der Waals surface area contributed by atoms with Gasteiger partial charge in [-0.2, -0.15) is 0 Å². The fraction of sp³-hybridized carbons (Fsp3) is 0. The normalized spacial score (nSPS) is 8.00. The maximum atomic E-state index is 3.67. The van der Waals surface area contributed by atoms with Gasteiger partial charge in [-0.05, 0) is 0 Å². The molecule has 2 aromatic heterocycles. The van der Waals surface area contributed by atoms with Gasteiger partial charge < -0.3 is 9.97 Å². The lowest BCUT2D eigenvalue weighted by atomic mass is 11.0. The van der Waals surface area contributed by atoms with E-state index in [1.165, 1.54) is 0 Å². The lowest BCUT2D eigenvalue weighted by Gasteiger charge is -1.46. The summed E-state index contributed by atoms with van der Waals surface area (Å²) in [4.78, 5) is 12.8. The molecular weight excluding hydrogens is 128 g/mol. The first kappa shape index (κ1) is 6.54. The van der Waals surface area contributed by atoms with Gasteiger partial charge in [-0.3, -0.25) is 0 Å². The van der Waals surface area contributed by atoms with E-state index in [0.717, 1.165) is 0 Å². The first-order valence-electron chi connectivity index (χ1n) is 2.85. The minimum atomic E-state index is 0. The number of aromatic nitrogens is 4. The lowest BCUT2D eigenvalue weighted by Crippen LogP contribution is -1.44. The standard InChI is InChI=1S/2C3H4N2/c2*1-2-5-3-4-1/h2*1-3H,(H,4,5)/p+2.